The summed E-state index contributed by atoms with van der Waals surface area (Å²) in [5, 5.41) is 0.624. The second-order valence-corrected chi connectivity index (χ2v) is 5.03. The molecular formula is C14H20ClNO2. The summed E-state index contributed by atoms with van der Waals surface area (Å²) >= 11 is 6.30. The van der Waals surface area contributed by atoms with Gasteiger partial charge in [0.15, 0.2) is 11.5 Å². The molecule has 1 heterocycles. The first-order valence-corrected chi connectivity index (χ1v) is 6.87. The number of rotatable bonds is 3. The summed E-state index contributed by atoms with van der Waals surface area (Å²) in [5.41, 5.74) is 8.12. The van der Waals surface area contributed by atoms with Gasteiger partial charge in [-0.15, -0.1) is 0 Å². The third kappa shape index (κ3) is 2.43. The Morgan fingerprint density at radius 2 is 2.00 bits per heavy atom. The average molecular weight is 270 g/mol. The Labute approximate surface area is 113 Å². The van der Waals surface area contributed by atoms with Crippen LogP contribution in [0.4, 0.5) is 0 Å². The number of benzene rings is 1. The Balaban J connectivity index is 2.57. The third-order valence-electron chi connectivity index (χ3n) is 3.35. The van der Waals surface area contributed by atoms with Gasteiger partial charge in [-0.2, -0.15) is 0 Å². The summed E-state index contributed by atoms with van der Waals surface area (Å²) in [5.74, 6) is 1.78. The number of fused-ring (bicyclic) bond motifs is 1. The molecule has 0 saturated carbocycles. The summed E-state index contributed by atoms with van der Waals surface area (Å²) in [6.07, 6.45) is 1.78. The second-order valence-electron chi connectivity index (χ2n) is 4.63. The fraction of sp³-hybridized carbons (Fsp3) is 0.571. The lowest BCUT2D eigenvalue weighted by Crippen LogP contribution is -2.12. The van der Waals surface area contributed by atoms with E-state index in [9.17, 15) is 0 Å². The number of hydrogen-bond acceptors (Lipinski definition) is 3. The molecule has 3 nitrogen and oxygen atoms in total. The molecule has 18 heavy (non-hydrogen) atoms. The fourth-order valence-electron chi connectivity index (χ4n) is 2.29. The van der Waals surface area contributed by atoms with Crippen LogP contribution in [0, 0.1) is 0 Å². The molecule has 0 saturated heterocycles. The molecule has 0 bridgehead atoms. The summed E-state index contributed by atoms with van der Waals surface area (Å²) in [6.45, 7) is 6.15. The first-order chi connectivity index (χ1) is 8.69. The maximum atomic E-state index is 6.30. The molecule has 1 aliphatic rings. The van der Waals surface area contributed by atoms with Crippen molar-refractivity contribution < 1.29 is 9.47 Å². The van der Waals surface area contributed by atoms with Crippen molar-refractivity contribution in [2.75, 3.05) is 19.8 Å². The van der Waals surface area contributed by atoms with Crippen molar-refractivity contribution in [3.05, 3.63) is 22.2 Å². The zero-order valence-corrected chi connectivity index (χ0v) is 11.7. The topological polar surface area (TPSA) is 44.5 Å². The third-order valence-corrected chi connectivity index (χ3v) is 3.63. The van der Waals surface area contributed by atoms with Crippen molar-refractivity contribution in [3.8, 4) is 11.5 Å². The van der Waals surface area contributed by atoms with Crippen LogP contribution in [0.25, 0.3) is 0 Å². The van der Waals surface area contributed by atoms with Gasteiger partial charge >= 0.3 is 0 Å². The van der Waals surface area contributed by atoms with Crippen LogP contribution in [0.2, 0.25) is 5.02 Å². The Kier molecular flexibility index (Phi) is 4.36. The van der Waals surface area contributed by atoms with Gasteiger partial charge in [-0.05, 0) is 30.5 Å². The highest BCUT2D eigenvalue weighted by molar-refractivity contribution is 6.32. The van der Waals surface area contributed by atoms with Crippen LogP contribution in [0.3, 0.4) is 0 Å². The van der Waals surface area contributed by atoms with Crippen LogP contribution < -0.4 is 15.2 Å². The zero-order valence-electron chi connectivity index (χ0n) is 11.0. The first-order valence-electron chi connectivity index (χ1n) is 6.50. The molecule has 0 radical (unpaired) electrons. The van der Waals surface area contributed by atoms with Crippen molar-refractivity contribution in [2.45, 2.75) is 32.6 Å². The molecule has 0 amide bonds. The second kappa shape index (κ2) is 5.81. The number of halogens is 1. The lowest BCUT2D eigenvalue weighted by molar-refractivity contribution is 0.296. The molecule has 0 spiro atoms. The molecular weight excluding hydrogens is 250 g/mol. The van der Waals surface area contributed by atoms with Crippen molar-refractivity contribution in [3.63, 3.8) is 0 Å². The smallest absolute Gasteiger partial charge is 0.180 e. The van der Waals surface area contributed by atoms with E-state index < -0.39 is 0 Å². The molecule has 1 aromatic carbocycles. The van der Waals surface area contributed by atoms with Crippen LogP contribution in [0.5, 0.6) is 11.5 Å². The van der Waals surface area contributed by atoms with Crippen molar-refractivity contribution in [1.82, 2.24) is 0 Å². The van der Waals surface area contributed by atoms with Crippen LogP contribution >= 0.6 is 11.6 Å². The average Bonchev–Trinajstić information content (AvgIpc) is 2.63. The largest absolute Gasteiger partial charge is 0.489 e. The van der Waals surface area contributed by atoms with Gasteiger partial charge in [-0.3, -0.25) is 0 Å². The fourth-order valence-corrected chi connectivity index (χ4v) is 2.55. The van der Waals surface area contributed by atoms with E-state index in [-0.39, 0.29) is 5.92 Å². The monoisotopic (exact) mass is 269 g/mol. The van der Waals surface area contributed by atoms with Gasteiger partial charge in [-0.25, -0.2) is 0 Å². The van der Waals surface area contributed by atoms with Crippen molar-refractivity contribution >= 4 is 11.6 Å². The molecule has 1 atom stereocenters. The van der Waals surface area contributed by atoms with Crippen molar-refractivity contribution in [2.24, 2.45) is 5.73 Å². The van der Waals surface area contributed by atoms with E-state index in [1.165, 1.54) is 11.1 Å². The van der Waals surface area contributed by atoms with Gasteiger partial charge in [0.2, 0.25) is 0 Å². The Hall–Kier alpha value is -0.930. The summed E-state index contributed by atoms with van der Waals surface area (Å²) < 4.78 is 11.5. The quantitative estimate of drug-likeness (QED) is 0.917. The minimum atomic E-state index is 0.273. The number of hydrogen-bond donors (Lipinski definition) is 1. The minimum Gasteiger partial charge on any atom is -0.489 e. The van der Waals surface area contributed by atoms with Crippen LogP contribution in [0.1, 0.15) is 37.3 Å². The molecule has 0 aliphatic carbocycles. The normalized spacial score (nSPS) is 16.2. The van der Waals surface area contributed by atoms with Crippen LogP contribution in [-0.4, -0.2) is 19.8 Å². The number of nitrogens with two attached hydrogens (primary N) is 1. The highest BCUT2D eigenvalue weighted by Gasteiger charge is 2.22. The molecule has 0 fully saturated rings. The van der Waals surface area contributed by atoms with Gasteiger partial charge in [0.25, 0.3) is 0 Å². The SMILES string of the molecule is CCc1c(C(C)CN)cc(Cl)c2c1OCCCO2. The molecule has 1 aromatic rings. The zero-order chi connectivity index (χ0) is 13.1. The van der Waals surface area contributed by atoms with E-state index >= 15 is 0 Å². The van der Waals surface area contributed by atoms with E-state index in [2.05, 4.69) is 13.8 Å². The van der Waals surface area contributed by atoms with Gasteiger partial charge in [-0.1, -0.05) is 25.4 Å². The van der Waals surface area contributed by atoms with Gasteiger partial charge < -0.3 is 15.2 Å². The standard InChI is InChI=1S/C14H20ClNO2/c1-3-10-11(9(2)8-16)7-12(15)14-13(10)17-5-4-6-18-14/h7,9H,3-6,8,16H2,1-2H3. The molecule has 1 unspecified atom stereocenters. The van der Waals surface area contributed by atoms with Gasteiger partial charge in [0.05, 0.1) is 18.2 Å². The predicted molar refractivity (Wildman–Crippen MR) is 73.9 cm³/mol. The maximum Gasteiger partial charge on any atom is 0.180 e. The molecule has 1 aliphatic heterocycles. The molecule has 0 aromatic heterocycles. The number of ether oxygens (including phenoxy) is 2. The summed E-state index contributed by atoms with van der Waals surface area (Å²) in [7, 11) is 0. The molecule has 4 heteroatoms. The molecule has 2 N–H and O–H groups in total. The van der Waals surface area contributed by atoms with E-state index in [1.54, 1.807) is 0 Å². The molecule has 100 valence electrons. The van der Waals surface area contributed by atoms with Crippen molar-refractivity contribution in [1.29, 1.82) is 0 Å². The Bertz CT molecular complexity index is 434. The maximum absolute atomic E-state index is 6.30. The molecule has 2 rings (SSSR count). The summed E-state index contributed by atoms with van der Waals surface area (Å²) in [6, 6.07) is 1.98. The lowest BCUT2D eigenvalue weighted by Gasteiger charge is -2.20. The van der Waals surface area contributed by atoms with E-state index in [0.717, 1.165) is 18.6 Å². The summed E-state index contributed by atoms with van der Waals surface area (Å²) in [4.78, 5) is 0. The van der Waals surface area contributed by atoms with Crippen LogP contribution in [-0.2, 0) is 6.42 Å². The first kappa shape index (κ1) is 13.5. The highest BCUT2D eigenvalue weighted by Crippen LogP contribution is 2.43. The minimum absolute atomic E-state index is 0.273. The Morgan fingerprint density at radius 1 is 1.33 bits per heavy atom. The van der Waals surface area contributed by atoms with E-state index in [1.807, 2.05) is 6.07 Å². The lowest BCUT2D eigenvalue weighted by atomic mass is 9.93. The van der Waals surface area contributed by atoms with E-state index in [4.69, 9.17) is 26.8 Å². The van der Waals surface area contributed by atoms with Gasteiger partial charge in [0.1, 0.15) is 0 Å². The Morgan fingerprint density at radius 3 is 2.61 bits per heavy atom. The highest BCUT2D eigenvalue weighted by atomic mass is 35.5. The van der Waals surface area contributed by atoms with Crippen LogP contribution in [0.15, 0.2) is 6.07 Å². The van der Waals surface area contributed by atoms with E-state index in [0.29, 0.717) is 30.5 Å². The predicted octanol–water partition coefficient (Wildman–Crippen LogP) is 3.13. The van der Waals surface area contributed by atoms with Gasteiger partial charge in [0, 0.05) is 12.0 Å².